The molecule has 8 heteroatoms. The number of benzene rings is 2. The molecule has 2 aromatic rings. The van der Waals surface area contributed by atoms with Crippen LogP contribution in [0, 0.1) is 10.1 Å². The number of nitro groups is 1. The van der Waals surface area contributed by atoms with Gasteiger partial charge in [0, 0.05) is 6.07 Å². The van der Waals surface area contributed by atoms with Crippen LogP contribution in [-0.2, 0) is 16.0 Å². The summed E-state index contributed by atoms with van der Waals surface area (Å²) in [6.45, 7) is 3.83. The quantitative estimate of drug-likeness (QED) is 0.461. The molecule has 0 radical (unpaired) electrons. The number of nitro benzene ring substituents is 1. The molecule has 1 atom stereocenters. The van der Waals surface area contributed by atoms with Crippen molar-refractivity contribution in [1.82, 2.24) is 5.32 Å². The third kappa shape index (κ3) is 5.04. The van der Waals surface area contributed by atoms with E-state index in [1.807, 2.05) is 24.3 Å². The molecular formula is C19H21N3O5. The van der Waals surface area contributed by atoms with Crippen molar-refractivity contribution in [1.29, 1.82) is 0 Å². The Labute approximate surface area is 156 Å². The van der Waals surface area contributed by atoms with Gasteiger partial charge in [0.2, 0.25) is 0 Å². The number of aryl methyl sites for hydroxylation is 1. The average molecular weight is 371 g/mol. The fourth-order valence-electron chi connectivity index (χ4n) is 2.46. The summed E-state index contributed by atoms with van der Waals surface area (Å²) < 4.78 is 5.04. The first-order valence-corrected chi connectivity index (χ1v) is 8.38. The van der Waals surface area contributed by atoms with Crippen molar-refractivity contribution >= 4 is 23.2 Å². The van der Waals surface area contributed by atoms with Gasteiger partial charge in [0.25, 0.3) is 5.69 Å². The van der Waals surface area contributed by atoms with Gasteiger partial charge in [0.05, 0.1) is 29.8 Å². The summed E-state index contributed by atoms with van der Waals surface area (Å²) >= 11 is 0. The maximum Gasteiger partial charge on any atom is 0.313 e. The summed E-state index contributed by atoms with van der Waals surface area (Å²) in [4.78, 5) is 34.5. The monoisotopic (exact) mass is 371 g/mol. The second kappa shape index (κ2) is 8.79. The van der Waals surface area contributed by atoms with Crippen molar-refractivity contribution in [3.05, 3.63) is 63.7 Å². The maximum absolute atomic E-state index is 12.2. The highest BCUT2D eigenvalue weighted by atomic mass is 16.6. The minimum atomic E-state index is -0.890. The van der Waals surface area contributed by atoms with Gasteiger partial charge in [-0.2, -0.15) is 0 Å². The van der Waals surface area contributed by atoms with Gasteiger partial charge in [-0.05, 0) is 30.5 Å². The first-order valence-electron chi connectivity index (χ1n) is 8.38. The topological polar surface area (TPSA) is 111 Å². The van der Waals surface area contributed by atoms with E-state index in [-0.39, 0.29) is 23.2 Å². The molecule has 2 N–H and O–H groups in total. The Bertz CT molecular complexity index is 849. The molecule has 0 spiro atoms. The summed E-state index contributed by atoms with van der Waals surface area (Å²) in [6, 6.07) is 11.1. The van der Waals surface area contributed by atoms with Gasteiger partial charge in [-0.25, -0.2) is 0 Å². The fraction of sp³-hybridized carbons (Fsp3) is 0.263. The van der Waals surface area contributed by atoms with Gasteiger partial charge in [-0.15, -0.1) is 0 Å². The van der Waals surface area contributed by atoms with Gasteiger partial charge in [0.1, 0.15) is 5.75 Å². The number of nitrogens with zero attached hydrogens (tertiary/aromatic N) is 1. The van der Waals surface area contributed by atoms with Crippen LogP contribution in [0.25, 0.3) is 0 Å². The number of nitrogens with one attached hydrogen (secondary N) is 2. The van der Waals surface area contributed by atoms with Crippen molar-refractivity contribution in [2.75, 3.05) is 12.4 Å². The molecule has 2 rings (SSSR count). The van der Waals surface area contributed by atoms with E-state index >= 15 is 0 Å². The summed E-state index contributed by atoms with van der Waals surface area (Å²) in [5, 5.41) is 15.8. The number of methoxy groups -OCH3 is 1. The third-order valence-electron chi connectivity index (χ3n) is 4.09. The minimum Gasteiger partial charge on any atom is -0.494 e. The van der Waals surface area contributed by atoms with Crippen molar-refractivity contribution in [2.24, 2.45) is 0 Å². The predicted octanol–water partition coefficient (Wildman–Crippen LogP) is 2.98. The van der Waals surface area contributed by atoms with Crippen LogP contribution in [-0.4, -0.2) is 23.8 Å². The Morgan fingerprint density at radius 2 is 1.81 bits per heavy atom. The molecular weight excluding hydrogens is 350 g/mol. The molecule has 142 valence electrons. The average Bonchev–Trinajstić information content (AvgIpc) is 2.67. The Morgan fingerprint density at radius 1 is 1.15 bits per heavy atom. The lowest BCUT2D eigenvalue weighted by Gasteiger charge is -2.15. The molecule has 1 unspecified atom stereocenters. The number of ether oxygens (including phenoxy) is 1. The normalized spacial score (nSPS) is 11.4. The van der Waals surface area contributed by atoms with E-state index in [4.69, 9.17) is 4.74 Å². The van der Waals surface area contributed by atoms with E-state index in [0.29, 0.717) is 0 Å². The smallest absolute Gasteiger partial charge is 0.313 e. The number of hydrogen-bond acceptors (Lipinski definition) is 5. The molecule has 0 fully saturated rings. The number of amides is 2. The van der Waals surface area contributed by atoms with Crippen LogP contribution in [0.1, 0.15) is 31.0 Å². The third-order valence-corrected chi connectivity index (χ3v) is 4.09. The summed E-state index contributed by atoms with van der Waals surface area (Å²) in [7, 11) is 1.32. The number of rotatable bonds is 6. The molecule has 2 amide bonds. The summed E-state index contributed by atoms with van der Waals surface area (Å²) in [5.41, 5.74) is 2.04. The van der Waals surface area contributed by atoms with Crippen LogP contribution in [0.15, 0.2) is 42.5 Å². The Hall–Kier alpha value is -3.42. The SMILES string of the molecule is CCc1ccc(C(C)NC(=O)C(=O)Nc2ccc([N+](=O)[O-])cc2OC)cc1. The second-order valence-electron chi connectivity index (χ2n) is 5.89. The van der Waals surface area contributed by atoms with Crippen molar-refractivity contribution in [3.8, 4) is 5.75 Å². The zero-order valence-corrected chi connectivity index (χ0v) is 15.3. The Morgan fingerprint density at radius 3 is 2.37 bits per heavy atom. The molecule has 0 saturated heterocycles. The Kier molecular flexibility index (Phi) is 6.48. The number of non-ortho nitro benzene ring substituents is 1. The van der Waals surface area contributed by atoms with Crippen LogP contribution < -0.4 is 15.4 Å². The highest BCUT2D eigenvalue weighted by molar-refractivity contribution is 6.39. The minimum absolute atomic E-state index is 0.0913. The predicted molar refractivity (Wildman–Crippen MR) is 101 cm³/mol. The lowest BCUT2D eigenvalue weighted by Crippen LogP contribution is -2.37. The zero-order chi connectivity index (χ0) is 20.0. The highest BCUT2D eigenvalue weighted by Gasteiger charge is 2.20. The fourth-order valence-corrected chi connectivity index (χ4v) is 2.46. The van der Waals surface area contributed by atoms with Crippen molar-refractivity contribution in [2.45, 2.75) is 26.3 Å². The number of carbonyl (C=O) groups excluding carboxylic acids is 2. The number of anilines is 1. The van der Waals surface area contributed by atoms with E-state index in [1.165, 1.54) is 30.9 Å². The van der Waals surface area contributed by atoms with Gasteiger partial charge in [-0.1, -0.05) is 31.2 Å². The van der Waals surface area contributed by atoms with Gasteiger partial charge in [0.15, 0.2) is 0 Å². The van der Waals surface area contributed by atoms with Crippen LogP contribution in [0.3, 0.4) is 0 Å². The zero-order valence-electron chi connectivity index (χ0n) is 15.3. The van der Waals surface area contributed by atoms with E-state index in [1.54, 1.807) is 6.92 Å². The number of hydrogen-bond donors (Lipinski definition) is 2. The van der Waals surface area contributed by atoms with E-state index in [2.05, 4.69) is 17.6 Å². The maximum atomic E-state index is 12.2. The standard InChI is InChI=1S/C19H21N3O5/c1-4-13-5-7-14(8-6-13)12(2)20-18(23)19(24)21-16-10-9-15(22(25)26)11-17(16)27-3/h5-12H,4H2,1-3H3,(H,20,23)(H,21,24). The molecule has 0 saturated carbocycles. The lowest BCUT2D eigenvalue weighted by molar-refractivity contribution is -0.384. The lowest BCUT2D eigenvalue weighted by atomic mass is 10.1. The first kappa shape index (κ1) is 19.9. The van der Waals surface area contributed by atoms with Crippen LogP contribution in [0.5, 0.6) is 5.75 Å². The highest BCUT2D eigenvalue weighted by Crippen LogP contribution is 2.28. The van der Waals surface area contributed by atoms with Crippen LogP contribution >= 0.6 is 0 Å². The van der Waals surface area contributed by atoms with Gasteiger partial charge < -0.3 is 15.4 Å². The molecule has 0 aliphatic heterocycles. The number of carbonyl (C=O) groups is 2. The molecule has 0 aromatic heterocycles. The summed E-state index contributed by atoms with van der Waals surface area (Å²) in [6.07, 6.45) is 0.917. The molecule has 0 aliphatic carbocycles. The van der Waals surface area contributed by atoms with E-state index < -0.39 is 16.7 Å². The van der Waals surface area contributed by atoms with Crippen molar-refractivity contribution in [3.63, 3.8) is 0 Å². The van der Waals surface area contributed by atoms with Crippen molar-refractivity contribution < 1.29 is 19.2 Å². The summed E-state index contributed by atoms with van der Waals surface area (Å²) in [5.74, 6) is -1.62. The molecule has 0 bridgehead atoms. The van der Waals surface area contributed by atoms with E-state index in [9.17, 15) is 19.7 Å². The first-order chi connectivity index (χ1) is 12.8. The van der Waals surface area contributed by atoms with Gasteiger partial charge >= 0.3 is 11.8 Å². The molecule has 27 heavy (non-hydrogen) atoms. The molecule has 0 aliphatic rings. The largest absolute Gasteiger partial charge is 0.494 e. The van der Waals surface area contributed by atoms with Crippen LogP contribution in [0.4, 0.5) is 11.4 Å². The Balaban J connectivity index is 2.04. The second-order valence-corrected chi connectivity index (χ2v) is 5.89. The molecule has 8 nitrogen and oxygen atoms in total. The van der Waals surface area contributed by atoms with Crippen LogP contribution in [0.2, 0.25) is 0 Å². The van der Waals surface area contributed by atoms with Gasteiger partial charge in [-0.3, -0.25) is 19.7 Å². The molecule has 0 heterocycles. The van der Waals surface area contributed by atoms with E-state index in [0.717, 1.165) is 12.0 Å². The molecule has 2 aromatic carbocycles.